The maximum absolute atomic E-state index is 13.5. The van der Waals surface area contributed by atoms with Crippen molar-refractivity contribution >= 4 is 33.1 Å². The lowest BCUT2D eigenvalue weighted by atomic mass is 10.1. The third-order valence-corrected chi connectivity index (χ3v) is 9.47. The van der Waals surface area contributed by atoms with Crippen molar-refractivity contribution in [2.45, 2.75) is 17.2 Å². The van der Waals surface area contributed by atoms with Gasteiger partial charge in [-0.3, -0.25) is 4.79 Å². The Morgan fingerprint density at radius 1 is 0.720 bits per heavy atom. The van der Waals surface area contributed by atoms with Crippen LogP contribution in [0, 0.1) is 0 Å². The molecule has 0 aliphatic carbocycles. The molecule has 272 valence electrons. The van der Waals surface area contributed by atoms with Crippen LogP contribution in [-0.4, -0.2) is 114 Å². The average Bonchev–Trinajstić information content (AvgIpc) is 3.11. The molecule has 1 amide bonds. The van der Waals surface area contributed by atoms with E-state index in [-0.39, 0.29) is 35.3 Å². The van der Waals surface area contributed by atoms with Crippen molar-refractivity contribution < 1.29 is 44.3 Å². The summed E-state index contributed by atoms with van der Waals surface area (Å²) in [6.45, 7) is 6.23. The fourth-order valence-corrected chi connectivity index (χ4v) is 6.36. The van der Waals surface area contributed by atoms with Gasteiger partial charge >= 0.3 is 12.4 Å². The topological polar surface area (TPSA) is 111 Å². The van der Waals surface area contributed by atoms with Crippen LogP contribution in [0.25, 0.3) is 0 Å². The minimum absolute atomic E-state index is 0.0552. The minimum atomic E-state index is -4.53. The number of carbonyl (C=O) groups is 1. The number of sulfone groups is 1. The van der Waals surface area contributed by atoms with E-state index in [1.165, 1.54) is 30.3 Å². The largest absolute Gasteiger partial charge is 0.433 e. The Kier molecular flexibility index (Phi) is 11.4. The molecule has 3 aromatic rings. The first-order chi connectivity index (χ1) is 23.6. The van der Waals surface area contributed by atoms with Crippen molar-refractivity contribution in [2.75, 3.05) is 99.6 Å². The number of piperazine rings is 2. The van der Waals surface area contributed by atoms with Crippen LogP contribution in [0.2, 0.25) is 0 Å². The summed E-state index contributed by atoms with van der Waals surface area (Å²) in [6.07, 6.45) is -7.82. The SMILES string of the molecule is CS(=O)(=O)c1ccc(N2CCOCC2)c(C(=O)N2CCN(c3cccc(C(F)(F)F)n3)CC2)c1.FC(F)(F)c1cccc(N2CCNCC2)n1. The lowest BCUT2D eigenvalue weighted by molar-refractivity contribution is -0.141. The van der Waals surface area contributed by atoms with E-state index in [4.69, 9.17) is 4.74 Å². The maximum Gasteiger partial charge on any atom is 0.433 e. The first kappa shape index (κ1) is 37.1. The summed E-state index contributed by atoms with van der Waals surface area (Å²) >= 11 is 0. The van der Waals surface area contributed by atoms with Crippen LogP contribution in [0.1, 0.15) is 21.7 Å². The van der Waals surface area contributed by atoms with E-state index in [2.05, 4.69) is 15.3 Å². The summed E-state index contributed by atoms with van der Waals surface area (Å²) < 4.78 is 106. The number of alkyl halides is 6. The molecule has 1 N–H and O–H groups in total. The molecule has 3 saturated heterocycles. The Morgan fingerprint density at radius 2 is 1.24 bits per heavy atom. The third kappa shape index (κ3) is 9.33. The van der Waals surface area contributed by atoms with E-state index in [1.54, 1.807) is 21.9 Å². The van der Waals surface area contributed by atoms with Gasteiger partial charge in [-0.05, 0) is 42.5 Å². The van der Waals surface area contributed by atoms with E-state index in [0.29, 0.717) is 64.0 Å². The molecule has 3 aliphatic heterocycles. The Hall–Kier alpha value is -4.16. The van der Waals surface area contributed by atoms with Crippen LogP contribution in [0.15, 0.2) is 59.5 Å². The number of amides is 1. The number of morpholine rings is 1. The second kappa shape index (κ2) is 15.4. The Morgan fingerprint density at radius 3 is 1.74 bits per heavy atom. The molecule has 50 heavy (non-hydrogen) atoms. The molecule has 3 fully saturated rings. The average molecular weight is 730 g/mol. The zero-order chi connectivity index (χ0) is 36.1. The number of rotatable bonds is 5. The number of nitrogens with zero attached hydrogens (tertiary/aromatic N) is 6. The van der Waals surface area contributed by atoms with Gasteiger partial charge in [0.15, 0.2) is 9.84 Å². The van der Waals surface area contributed by atoms with Gasteiger partial charge in [0.05, 0.1) is 23.7 Å². The van der Waals surface area contributed by atoms with Gasteiger partial charge in [0, 0.05) is 77.4 Å². The first-order valence-electron chi connectivity index (χ1n) is 15.9. The van der Waals surface area contributed by atoms with E-state index in [0.717, 1.165) is 31.5 Å². The van der Waals surface area contributed by atoms with Crippen LogP contribution in [0.4, 0.5) is 43.7 Å². The van der Waals surface area contributed by atoms with Crippen molar-refractivity contribution in [3.8, 4) is 0 Å². The van der Waals surface area contributed by atoms with Crippen molar-refractivity contribution in [3.05, 3.63) is 71.5 Å². The predicted molar refractivity (Wildman–Crippen MR) is 174 cm³/mol. The van der Waals surface area contributed by atoms with E-state index < -0.39 is 33.6 Å². The molecule has 0 bridgehead atoms. The number of ether oxygens (including phenoxy) is 1. The number of nitrogens with one attached hydrogen (secondary N) is 1. The monoisotopic (exact) mass is 729 g/mol. The predicted octanol–water partition coefficient (Wildman–Crippen LogP) is 3.81. The highest BCUT2D eigenvalue weighted by Crippen LogP contribution is 2.31. The number of hydrogen-bond acceptors (Lipinski definition) is 10. The Labute approximate surface area is 285 Å². The molecule has 18 heteroatoms. The summed E-state index contributed by atoms with van der Waals surface area (Å²) in [5.74, 6) is 0.287. The fourth-order valence-electron chi connectivity index (χ4n) is 5.71. The van der Waals surface area contributed by atoms with E-state index in [9.17, 15) is 39.6 Å². The standard InChI is InChI=1S/C22H25F3N4O4S.C10H12F3N3/c1-34(31,32)16-5-6-18(27-11-13-33-14-12-27)17(15-16)21(30)29-9-7-28(8-10-29)20-4-2-3-19(26-20)22(23,24)25;11-10(12,13)8-2-1-3-9(15-8)16-6-4-14-5-7-16/h2-6,15H,7-14H2,1H3;1-3,14H,4-7H2. The molecule has 1 aromatic carbocycles. The van der Waals surface area contributed by atoms with Gasteiger partial charge in [0.25, 0.3) is 5.91 Å². The van der Waals surface area contributed by atoms with Crippen LogP contribution >= 0.6 is 0 Å². The van der Waals surface area contributed by atoms with E-state index in [1.807, 2.05) is 9.80 Å². The summed E-state index contributed by atoms with van der Waals surface area (Å²) in [5, 5.41) is 3.14. The van der Waals surface area contributed by atoms with Crippen LogP contribution in [0.3, 0.4) is 0 Å². The number of hydrogen-bond donors (Lipinski definition) is 1. The molecular formula is C32H37F6N7O4S. The summed E-state index contributed by atoms with van der Waals surface area (Å²) in [6, 6.07) is 12.3. The zero-order valence-corrected chi connectivity index (χ0v) is 28.0. The van der Waals surface area contributed by atoms with Crippen molar-refractivity contribution in [1.29, 1.82) is 0 Å². The van der Waals surface area contributed by atoms with Crippen LogP contribution in [0.5, 0.6) is 0 Å². The zero-order valence-electron chi connectivity index (χ0n) is 27.2. The normalized spacial score (nSPS) is 17.7. The summed E-state index contributed by atoms with van der Waals surface area (Å²) in [4.78, 5) is 28.0. The Balaban J connectivity index is 0.000000253. The van der Waals surface area contributed by atoms with Crippen LogP contribution in [-0.2, 0) is 26.9 Å². The number of pyridine rings is 2. The summed E-state index contributed by atoms with van der Waals surface area (Å²) in [7, 11) is -3.52. The highest BCUT2D eigenvalue weighted by molar-refractivity contribution is 7.90. The molecular weight excluding hydrogens is 692 g/mol. The van der Waals surface area contributed by atoms with E-state index >= 15 is 0 Å². The highest BCUT2D eigenvalue weighted by atomic mass is 32.2. The highest BCUT2D eigenvalue weighted by Gasteiger charge is 2.34. The Bertz CT molecular complexity index is 1740. The molecule has 0 saturated carbocycles. The fraction of sp³-hybridized carbons (Fsp3) is 0.469. The van der Waals surface area contributed by atoms with Gasteiger partial charge in [-0.2, -0.15) is 26.3 Å². The smallest absolute Gasteiger partial charge is 0.378 e. The first-order valence-corrected chi connectivity index (χ1v) is 17.8. The maximum atomic E-state index is 13.5. The molecule has 0 spiro atoms. The number of anilines is 3. The lowest BCUT2D eigenvalue weighted by Crippen LogP contribution is -2.49. The third-order valence-electron chi connectivity index (χ3n) is 8.36. The van der Waals surface area contributed by atoms with Gasteiger partial charge in [0.1, 0.15) is 23.0 Å². The number of carbonyl (C=O) groups excluding carboxylic acids is 1. The summed E-state index contributed by atoms with van der Waals surface area (Å²) in [5.41, 5.74) is -0.863. The molecule has 6 rings (SSSR count). The van der Waals surface area contributed by atoms with Crippen molar-refractivity contribution in [3.63, 3.8) is 0 Å². The quantitative estimate of drug-likeness (QED) is 0.390. The second-order valence-electron chi connectivity index (χ2n) is 11.8. The van der Waals surface area contributed by atoms with Gasteiger partial charge in [-0.25, -0.2) is 18.4 Å². The number of benzene rings is 1. The van der Waals surface area contributed by atoms with Gasteiger partial charge in [0.2, 0.25) is 0 Å². The minimum Gasteiger partial charge on any atom is -0.378 e. The molecule has 0 atom stereocenters. The molecule has 5 heterocycles. The van der Waals surface area contributed by atoms with Gasteiger partial charge in [-0.15, -0.1) is 0 Å². The number of aromatic nitrogens is 2. The van der Waals surface area contributed by atoms with Crippen molar-refractivity contribution in [2.24, 2.45) is 0 Å². The van der Waals surface area contributed by atoms with Gasteiger partial charge in [-0.1, -0.05) is 12.1 Å². The number of halogens is 6. The van der Waals surface area contributed by atoms with Gasteiger partial charge < -0.3 is 29.7 Å². The van der Waals surface area contributed by atoms with Crippen LogP contribution < -0.4 is 20.0 Å². The second-order valence-corrected chi connectivity index (χ2v) is 13.8. The molecule has 2 aromatic heterocycles. The molecule has 0 radical (unpaired) electrons. The molecule has 11 nitrogen and oxygen atoms in total. The lowest BCUT2D eigenvalue weighted by Gasteiger charge is -2.37. The molecule has 3 aliphatic rings. The molecule has 0 unspecified atom stereocenters. The van der Waals surface area contributed by atoms with Crippen molar-refractivity contribution in [1.82, 2.24) is 20.2 Å².